The van der Waals surface area contributed by atoms with Gasteiger partial charge in [-0.15, -0.1) is 0 Å². The Morgan fingerprint density at radius 1 is 1.34 bits per heavy atom. The van der Waals surface area contributed by atoms with E-state index in [1.54, 1.807) is 6.07 Å². The molecule has 0 aromatic heterocycles. The molecule has 1 amide bonds. The van der Waals surface area contributed by atoms with E-state index >= 15 is 0 Å². The normalized spacial score (nSPS) is 29.7. The molecule has 3 heterocycles. The highest BCUT2D eigenvalue weighted by atomic mass is 19.4. The van der Waals surface area contributed by atoms with Crippen LogP contribution in [0.25, 0.3) is 0 Å². The SMILES string of the molecule is O=C(N[C@@H]1CCOc2cc(F)ccc21)C1CN2CC(OCC(F)(F)F)C[C@@H]2CN1. The van der Waals surface area contributed by atoms with Gasteiger partial charge in [0.05, 0.1) is 24.8 Å². The van der Waals surface area contributed by atoms with Crippen LogP contribution >= 0.6 is 0 Å². The summed E-state index contributed by atoms with van der Waals surface area (Å²) in [5, 5.41) is 6.17. The molecule has 0 saturated carbocycles. The van der Waals surface area contributed by atoms with E-state index in [-0.39, 0.29) is 18.0 Å². The van der Waals surface area contributed by atoms with Crippen molar-refractivity contribution in [2.24, 2.45) is 0 Å². The van der Waals surface area contributed by atoms with Crippen molar-refractivity contribution in [2.75, 3.05) is 32.8 Å². The van der Waals surface area contributed by atoms with E-state index < -0.39 is 30.7 Å². The Morgan fingerprint density at radius 3 is 2.97 bits per heavy atom. The number of ether oxygens (including phenoxy) is 2. The summed E-state index contributed by atoms with van der Waals surface area (Å²) in [5.74, 6) is -0.153. The van der Waals surface area contributed by atoms with E-state index in [0.29, 0.717) is 44.8 Å². The molecule has 1 aromatic rings. The number of amides is 1. The van der Waals surface area contributed by atoms with Gasteiger partial charge in [-0.1, -0.05) is 6.07 Å². The number of nitrogens with one attached hydrogen (secondary N) is 2. The van der Waals surface area contributed by atoms with Gasteiger partial charge < -0.3 is 20.1 Å². The molecule has 0 radical (unpaired) electrons. The molecule has 3 aliphatic rings. The summed E-state index contributed by atoms with van der Waals surface area (Å²) in [7, 11) is 0. The van der Waals surface area contributed by atoms with Crippen LogP contribution in [0.2, 0.25) is 0 Å². The van der Waals surface area contributed by atoms with E-state index in [2.05, 4.69) is 10.6 Å². The fourth-order valence-corrected chi connectivity index (χ4v) is 4.25. The van der Waals surface area contributed by atoms with Gasteiger partial charge in [-0.3, -0.25) is 9.69 Å². The first-order valence-corrected chi connectivity index (χ1v) is 9.67. The van der Waals surface area contributed by atoms with Crippen LogP contribution < -0.4 is 15.4 Å². The first kappa shape index (κ1) is 20.4. The van der Waals surface area contributed by atoms with Crippen molar-refractivity contribution in [1.29, 1.82) is 0 Å². The molecule has 3 aliphatic heterocycles. The number of rotatable bonds is 4. The van der Waals surface area contributed by atoms with Gasteiger partial charge in [0.2, 0.25) is 5.91 Å². The minimum absolute atomic E-state index is 0.0593. The standard InChI is InChI=1S/C19H23F4N3O3/c20-11-1-2-14-15(3-4-28-17(14)5-11)25-18(27)16-9-26-8-13(6-12(26)7-24-16)29-10-19(21,22)23/h1-2,5,12-13,15-16,24H,3-4,6-10H2,(H,25,27)/t12-,13?,15-,16?/m1/s1. The molecule has 2 N–H and O–H groups in total. The maximum atomic E-state index is 13.4. The number of piperazine rings is 1. The number of benzene rings is 1. The predicted molar refractivity (Wildman–Crippen MR) is 95.0 cm³/mol. The van der Waals surface area contributed by atoms with Crippen molar-refractivity contribution in [3.63, 3.8) is 0 Å². The zero-order chi connectivity index (χ0) is 20.6. The second kappa shape index (κ2) is 8.08. The van der Waals surface area contributed by atoms with E-state index in [1.807, 2.05) is 4.90 Å². The van der Waals surface area contributed by atoms with E-state index in [1.165, 1.54) is 12.1 Å². The van der Waals surface area contributed by atoms with Crippen molar-refractivity contribution >= 4 is 5.91 Å². The highest BCUT2D eigenvalue weighted by Crippen LogP contribution is 2.33. The lowest BCUT2D eigenvalue weighted by Gasteiger charge is -2.36. The van der Waals surface area contributed by atoms with Crippen molar-refractivity contribution in [1.82, 2.24) is 15.5 Å². The van der Waals surface area contributed by atoms with Gasteiger partial charge in [0.1, 0.15) is 18.2 Å². The van der Waals surface area contributed by atoms with Gasteiger partial charge in [0.25, 0.3) is 0 Å². The molecule has 160 valence electrons. The van der Waals surface area contributed by atoms with E-state index in [0.717, 1.165) is 5.56 Å². The topological polar surface area (TPSA) is 62.8 Å². The molecule has 6 nitrogen and oxygen atoms in total. The Hall–Kier alpha value is -1.91. The third-order valence-corrected chi connectivity index (χ3v) is 5.64. The Kier molecular flexibility index (Phi) is 5.67. The Labute approximate surface area is 165 Å². The lowest BCUT2D eigenvalue weighted by Crippen LogP contribution is -2.59. The number of hydrogen-bond acceptors (Lipinski definition) is 5. The molecular formula is C19H23F4N3O3. The van der Waals surface area contributed by atoms with Crippen LogP contribution in [0.5, 0.6) is 5.75 Å². The number of alkyl halides is 3. The molecule has 4 atom stereocenters. The number of carbonyl (C=O) groups is 1. The number of nitrogens with zero attached hydrogens (tertiary/aromatic N) is 1. The zero-order valence-corrected chi connectivity index (χ0v) is 15.7. The molecule has 0 aliphatic carbocycles. The molecule has 29 heavy (non-hydrogen) atoms. The molecule has 0 bridgehead atoms. The first-order chi connectivity index (χ1) is 13.8. The summed E-state index contributed by atoms with van der Waals surface area (Å²) < 4.78 is 60.9. The predicted octanol–water partition coefficient (Wildman–Crippen LogP) is 1.76. The summed E-state index contributed by atoms with van der Waals surface area (Å²) in [4.78, 5) is 14.8. The summed E-state index contributed by atoms with van der Waals surface area (Å²) >= 11 is 0. The highest BCUT2D eigenvalue weighted by Gasteiger charge is 2.41. The highest BCUT2D eigenvalue weighted by molar-refractivity contribution is 5.82. The maximum Gasteiger partial charge on any atom is 0.411 e. The summed E-state index contributed by atoms with van der Waals surface area (Å²) in [6, 6.07) is 3.57. The Bertz CT molecular complexity index is 761. The number of carbonyl (C=O) groups excluding carboxylic acids is 1. The second-order valence-corrected chi connectivity index (χ2v) is 7.73. The van der Waals surface area contributed by atoms with Crippen LogP contribution in [-0.4, -0.2) is 68.0 Å². The maximum absolute atomic E-state index is 13.4. The van der Waals surface area contributed by atoms with Gasteiger partial charge in [-0.05, 0) is 12.5 Å². The van der Waals surface area contributed by atoms with Crippen molar-refractivity contribution < 1.29 is 31.8 Å². The summed E-state index contributed by atoms with van der Waals surface area (Å²) in [6.45, 7) is 0.429. The van der Waals surface area contributed by atoms with E-state index in [4.69, 9.17) is 9.47 Å². The number of fused-ring (bicyclic) bond motifs is 2. The number of hydrogen-bond donors (Lipinski definition) is 2. The average molecular weight is 417 g/mol. The third kappa shape index (κ3) is 4.81. The van der Waals surface area contributed by atoms with E-state index in [9.17, 15) is 22.4 Å². The fraction of sp³-hybridized carbons (Fsp3) is 0.632. The van der Waals surface area contributed by atoms with Crippen molar-refractivity contribution in [2.45, 2.75) is 43.2 Å². The molecule has 4 rings (SSSR count). The summed E-state index contributed by atoms with van der Waals surface area (Å²) in [6.07, 6.45) is -3.73. The third-order valence-electron chi connectivity index (χ3n) is 5.64. The van der Waals surface area contributed by atoms with Crippen molar-refractivity contribution in [3.05, 3.63) is 29.6 Å². The molecule has 0 spiro atoms. The molecule has 10 heteroatoms. The molecule has 1 aromatic carbocycles. The quantitative estimate of drug-likeness (QED) is 0.732. The fourth-order valence-electron chi connectivity index (χ4n) is 4.25. The Balaban J connectivity index is 1.32. The van der Waals surface area contributed by atoms with Gasteiger partial charge in [-0.25, -0.2) is 4.39 Å². The van der Waals surface area contributed by atoms with Gasteiger partial charge in [-0.2, -0.15) is 13.2 Å². The van der Waals surface area contributed by atoms with Gasteiger partial charge >= 0.3 is 6.18 Å². The minimum Gasteiger partial charge on any atom is -0.493 e. The lowest BCUT2D eigenvalue weighted by molar-refractivity contribution is -0.183. The molecule has 2 saturated heterocycles. The zero-order valence-electron chi connectivity index (χ0n) is 15.7. The van der Waals surface area contributed by atoms with Crippen LogP contribution in [0.15, 0.2) is 18.2 Å². The monoisotopic (exact) mass is 417 g/mol. The molecular weight excluding hydrogens is 394 g/mol. The number of halogens is 4. The van der Waals surface area contributed by atoms with Crippen molar-refractivity contribution in [3.8, 4) is 5.75 Å². The van der Waals surface area contributed by atoms with Crippen LogP contribution in [0.3, 0.4) is 0 Å². The van der Waals surface area contributed by atoms with Crippen LogP contribution in [0, 0.1) is 5.82 Å². The Morgan fingerprint density at radius 2 is 2.17 bits per heavy atom. The van der Waals surface area contributed by atoms with Crippen LogP contribution in [0.4, 0.5) is 17.6 Å². The van der Waals surface area contributed by atoms with Gasteiger partial charge in [0.15, 0.2) is 0 Å². The molecule has 2 unspecified atom stereocenters. The lowest BCUT2D eigenvalue weighted by atomic mass is 9.99. The largest absolute Gasteiger partial charge is 0.493 e. The minimum atomic E-state index is -4.34. The van der Waals surface area contributed by atoms with Crippen LogP contribution in [-0.2, 0) is 9.53 Å². The summed E-state index contributed by atoms with van der Waals surface area (Å²) in [5.41, 5.74) is 0.737. The first-order valence-electron chi connectivity index (χ1n) is 9.67. The second-order valence-electron chi connectivity index (χ2n) is 7.73. The smallest absolute Gasteiger partial charge is 0.411 e. The van der Waals surface area contributed by atoms with Crippen LogP contribution in [0.1, 0.15) is 24.4 Å². The molecule has 2 fully saturated rings. The van der Waals surface area contributed by atoms with Gasteiger partial charge in [0, 0.05) is 43.7 Å². The average Bonchev–Trinajstić information content (AvgIpc) is 3.08.